The van der Waals surface area contributed by atoms with Gasteiger partial charge in [0.1, 0.15) is 17.8 Å². The highest BCUT2D eigenvalue weighted by Gasteiger charge is 2.30. The van der Waals surface area contributed by atoms with Crippen molar-refractivity contribution in [3.8, 4) is 22.6 Å². The summed E-state index contributed by atoms with van der Waals surface area (Å²) < 4.78 is 12.8. The number of fused-ring (bicyclic) bond motifs is 4. The molecule has 0 amide bonds. The van der Waals surface area contributed by atoms with E-state index in [9.17, 15) is 0 Å². The lowest BCUT2D eigenvalue weighted by Gasteiger charge is -2.38. The smallest absolute Gasteiger partial charge is 0.229 e. The predicted octanol–water partition coefficient (Wildman–Crippen LogP) is 4.38. The lowest BCUT2D eigenvalue weighted by Crippen LogP contribution is -2.50. The van der Waals surface area contributed by atoms with Gasteiger partial charge < -0.3 is 19.7 Å². The first-order valence-electron chi connectivity index (χ1n) is 13.3. The second-order valence-electron chi connectivity index (χ2n) is 10.1. The second kappa shape index (κ2) is 9.70. The van der Waals surface area contributed by atoms with E-state index in [-0.39, 0.29) is 0 Å². The molecule has 5 aromatic rings. The minimum Gasteiger partial charge on any atom is -0.497 e. The molecular formula is C29H30N8O2. The van der Waals surface area contributed by atoms with E-state index >= 15 is 0 Å². The van der Waals surface area contributed by atoms with Gasteiger partial charge in [0.2, 0.25) is 5.95 Å². The molecule has 2 aromatic carbocycles. The number of benzene rings is 2. The number of aromatic nitrogens is 5. The van der Waals surface area contributed by atoms with E-state index in [0.717, 1.165) is 47.5 Å². The average molecular weight is 523 g/mol. The fraction of sp³-hybridized carbons (Fsp3) is 0.310. The van der Waals surface area contributed by atoms with Crippen LogP contribution in [0.4, 0.5) is 17.3 Å². The van der Waals surface area contributed by atoms with Gasteiger partial charge in [-0.25, -0.2) is 4.98 Å². The molecule has 39 heavy (non-hydrogen) atoms. The van der Waals surface area contributed by atoms with Crippen LogP contribution >= 0.6 is 0 Å². The van der Waals surface area contributed by atoms with Crippen LogP contribution in [0.2, 0.25) is 0 Å². The van der Waals surface area contributed by atoms with Gasteiger partial charge in [0.25, 0.3) is 0 Å². The van der Waals surface area contributed by atoms with Crippen LogP contribution in [0.3, 0.4) is 0 Å². The summed E-state index contributed by atoms with van der Waals surface area (Å²) in [6.45, 7) is 4.60. The molecule has 1 N–H and O–H groups in total. The lowest BCUT2D eigenvalue weighted by atomic mass is 10.0. The Morgan fingerprint density at radius 2 is 1.74 bits per heavy atom. The summed E-state index contributed by atoms with van der Waals surface area (Å²) in [6.07, 6.45) is 6.13. The lowest BCUT2D eigenvalue weighted by molar-refractivity contribution is 0.231. The molecule has 198 valence electrons. The Labute approximate surface area is 226 Å². The molecule has 3 aromatic heterocycles. The topological polar surface area (TPSA) is 92.9 Å². The quantitative estimate of drug-likeness (QED) is 0.349. The van der Waals surface area contributed by atoms with Crippen molar-refractivity contribution in [2.24, 2.45) is 0 Å². The summed E-state index contributed by atoms with van der Waals surface area (Å²) in [7, 11) is 3.27. The van der Waals surface area contributed by atoms with E-state index in [1.54, 1.807) is 20.5 Å². The van der Waals surface area contributed by atoms with Gasteiger partial charge in [0.05, 0.1) is 14.2 Å². The molecule has 2 saturated heterocycles. The summed E-state index contributed by atoms with van der Waals surface area (Å²) in [6, 6.07) is 17.0. The van der Waals surface area contributed by atoms with Crippen LogP contribution in [0.15, 0.2) is 61.1 Å². The number of piperazine rings is 1. The minimum atomic E-state index is 0.514. The fourth-order valence-electron chi connectivity index (χ4n) is 5.82. The number of nitrogens with one attached hydrogen (secondary N) is 1. The van der Waals surface area contributed by atoms with Gasteiger partial charge in [0, 0.05) is 60.3 Å². The Morgan fingerprint density at radius 1 is 0.923 bits per heavy atom. The third kappa shape index (κ3) is 4.36. The van der Waals surface area contributed by atoms with Crippen molar-refractivity contribution >= 4 is 34.0 Å². The number of pyridine rings is 1. The molecule has 1 atom stereocenters. The summed E-state index contributed by atoms with van der Waals surface area (Å²) in [5.74, 6) is 1.91. The van der Waals surface area contributed by atoms with Crippen LogP contribution < -0.4 is 19.7 Å². The molecule has 0 saturated carbocycles. The Morgan fingerprint density at radius 3 is 2.54 bits per heavy atom. The van der Waals surface area contributed by atoms with Crippen LogP contribution in [0.5, 0.6) is 11.5 Å². The zero-order valence-electron chi connectivity index (χ0n) is 22.0. The maximum atomic E-state index is 5.47. The number of hydrogen-bond donors (Lipinski definition) is 1. The first-order valence-corrected chi connectivity index (χ1v) is 13.3. The van der Waals surface area contributed by atoms with E-state index in [2.05, 4.69) is 54.6 Å². The normalized spacial score (nSPS) is 17.5. The van der Waals surface area contributed by atoms with Crippen LogP contribution in [0.25, 0.3) is 27.8 Å². The molecule has 0 spiro atoms. The number of rotatable bonds is 6. The molecule has 0 unspecified atom stereocenters. The molecule has 0 bridgehead atoms. The molecule has 2 fully saturated rings. The number of hydrogen-bond acceptors (Lipinski definition) is 9. The van der Waals surface area contributed by atoms with Crippen molar-refractivity contribution < 1.29 is 9.47 Å². The number of methoxy groups -OCH3 is 2. The van der Waals surface area contributed by atoms with Gasteiger partial charge in [0.15, 0.2) is 11.3 Å². The Hall–Kier alpha value is -4.44. The molecule has 10 heteroatoms. The average Bonchev–Trinajstić information content (AvgIpc) is 3.67. The zero-order chi connectivity index (χ0) is 26.3. The van der Waals surface area contributed by atoms with Crippen molar-refractivity contribution in [1.29, 1.82) is 0 Å². The van der Waals surface area contributed by atoms with E-state index in [1.165, 1.54) is 25.1 Å². The molecule has 0 radical (unpaired) electrons. The third-order valence-electron chi connectivity index (χ3n) is 7.85. The summed E-state index contributed by atoms with van der Waals surface area (Å²) in [5.41, 5.74) is 5.40. The van der Waals surface area contributed by atoms with Gasteiger partial charge in [-0.2, -0.15) is 4.98 Å². The predicted molar refractivity (Wildman–Crippen MR) is 151 cm³/mol. The van der Waals surface area contributed by atoms with Crippen molar-refractivity contribution in [3.05, 3.63) is 61.1 Å². The van der Waals surface area contributed by atoms with Crippen molar-refractivity contribution in [1.82, 2.24) is 29.5 Å². The van der Waals surface area contributed by atoms with Gasteiger partial charge in [-0.1, -0.05) is 0 Å². The molecule has 5 heterocycles. The first kappa shape index (κ1) is 23.7. The highest BCUT2D eigenvalue weighted by molar-refractivity contribution is 5.90. The zero-order valence-corrected chi connectivity index (χ0v) is 22.0. The van der Waals surface area contributed by atoms with E-state index in [0.29, 0.717) is 29.1 Å². The molecular weight excluding hydrogens is 492 g/mol. The minimum absolute atomic E-state index is 0.514. The standard InChI is InChI=1S/C29H30N8O2/c1-38-24-12-19(13-25(15-24)39-2)26-14-20-16-30-29(33-27(20)37-18-31-34-28(26)37)32-21-5-7-22(8-6-21)36-11-10-35-9-3-4-23(35)17-36/h5-8,12-16,18,23H,3-4,9-11,17H2,1-2H3,(H,30,32,33)/t23-/m1/s1. The van der Waals surface area contributed by atoms with Crippen LogP contribution in [-0.4, -0.2) is 75.9 Å². The summed E-state index contributed by atoms with van der Waals surface area (Å²) >= 11 is 0. The monoisotopic (exact) mass is 522 g/mol. The van der Waals surface area contributed by atoms with Crippen LogP contribution in [0, 0.1) is 0 Å². The van der Waals surface area contributed by atoms with Crippen molar-refractivity contribution in [2.75, 3.05) is 50.6 Å². The van der Waals surface area contributed by atoms with Crippen LogP contribution in [-0.2, 0) is 0 Å². The summed E-state index contributed by atoms with van der Waals surface area (Å²) in [5, 5.41) is 12.8. The SMILES string of the molecule is COc1cc(OC)cc(-c2cc3cnc(Nc4ccc(N5CCN6CCC[C@@H]6C5)cc4)nc3n3cnnc23)c1. The number of ether oxygens (including phenoxy) is 2. The highest BCUT2D eigenvalue weighted by Crippen LogP contribution is 2.34. The molecule has 0 aliphatic carbocycles. The summed E-state index contributed by atoms with van der Waals surface area (Å²) in [4.78, 5) is 14.6. The highest BCUT2D eigenvalue weighted by atomic mass is 16.5. The van der Waals surface area contributed by atoms with E-state index in [4.69, 9.17) is 14.5 Å². The number of nitrogens with zero attached hydrogens (tertiary/aromatic N) is 7. The Kier molecular flexibility index (Phi) is 5.89. The van der Waals surface area contributed by atoms with E-state index < -0.39 is 0 Å². The van der Waals surface area contributed by atoms with Gasteiger partial charge in [-0.15, -0.1) is 10.2 Å². The molecule has 2 aliphatic heterocycles. The van der Waals surface area contributed by atoms with Gasteiger partial charge >= 0.3 is 0 Å². The Balaban J connectivity index is 1.17. The maximum absolute atomic E-state index is 5.47. The van der Waals surface area contributed by atoms with Crippen molar-refractivity contribution in [2.45, 2.75) is 18.9 Å². The molecule has 10 nitrogen and oxygen atoms in total. The van der Waals surface area contributed by atoms with Crippen molar-refractivity contribution in [3.63, 3.8) is 0 Å². The van der Waals surface area contributed by atoms with Gasteiger partial charge in [-0.3, -0.25) is 9.30 Å². The van der Waals surface area contributed by atoms with Gasteiger partial charge in [-0.05, 0) is 67.4 Å². The molecule has 2 aliphatic rings. The van der Waals surface area contributed by atoms with E-state index in [1.807, 2.05) is 34.9 Å². The molecule has 7 rings (SSSR count). The largest absolute Gasteiger partial charge is 0.497 e. The van der Waals surface area contributed by atoms with Crippen LogP contribution in [0.1, 0.15) is 12.8 Å². The Bertz CT molecular complexity index is 1630. The fourth-order valence-corrected chi connectivity index (χ4v) is 5.82. The maximum Gasteiger partial charge on any atom is 0.229 e. The third-order valence-corrected chi connectivity index (χ3v) is 7.85. The first-order chi connectivity index (χ1) is 19.2. The second-order valence-corrected chi connectivity index (χ2v) is 10.1. The number of anilines is 3.